The second-order valence-electron chi connectivity index (χ2n) is 6.77. The van der Waals surface area contributed by atoms with Crippen LogP contribution < -0.4 is 9.64 Å². The summed E-state index contributed by atoms with van der Waals surface area (Å²) in [6, 6.07) is 23.1. The maximum Gasteiger partial charge on any atom is 0.335 e. The summed E-state index contributed by atoms with van der Waals surface area (Å²) >= 11 is 0. The molecule has 3 rings (SSSR count). The Kier molecular flexibility index (Phi) is 7.01. The number of hydrogen-bond donors (Lipinski definition) is 0. The molecule has 0 aromatic heterocycles. The van der Waals surface area contributed by atoms with Crippen LogP contribution in [0.15, 0.2) is 98.1 Å². The summed E-state index contributed by atoms with van der Waals surface area (Å²) in [7, 11) is 0. The van der Waals surface area contributed by atoms with Crippen LogP contribution >= 0.6 is 0 Å². The number of anilines is 3. The lowest BCUT2D eigenvalue weighted by atomic mass is 10.1. The lowest BCUT2D eigenvalue weighted by Gasteiger charge is -2.26. The van der Waals surface area contributed by atoms with Crippen LogP contribution in [-0.2, 0) is 20.9 Å². The zero-order valence-corrected chi connectivity index (χ0v) is 17.3. The Morgan fingerprint density at radius 2 is 1.45 bits per heavy atom. The normalized spacial score (nSPS) is 10.1. The molecule has 0 radical (unpaired) electrons. The smallest absolute Gasteiger partial charge is 0.335 e. The highest BCUT2D eigenvalue weighted by atomic mass is 16.5. The van der Waals surface area contributed by atoms with E-state index in [1.807, 2.05) is 61.5 Å². The summed E-state index contributed by atoms with van der Waals surface area (Å²) in [6.45, 7) is 9.02. The van der Waals surface area contributed by atoms with E-state index in [0.29, 0.717) is 5.75 Å². The number of nitrogens with zero attached hydrogens (tertiary/aromatic N) is 1. The summed E-state index contributed by atoms with van der Waals surface area (Å²) in [5.41, 5.74) is 4.82. The number of rotatable bonds is 8. The Labute approximate surface area is 181 Å². The molecule has 0 spiro atoms. The van der Waals surface area contributed by atoms with Crippen LogP contribution in [0.3, 0.4) is 0 Å². The molecule has 31 heavy (non-hydrogen) atoms. The molecule has 0 atom stereocenters. The first-order chi connectivity index (χ1) is 15.0. The van der Waals surface area contributed by atoms with Gasteiger partial charge in [-0.2, -0.15) is 0 Å². The molecule has 5 heteroatoms. The van der Waals surface area contributed by atoms with Crippen LogP contribution in [0, 0.1) is 6.92 Å². The molecule has 0 aliphatic heterocycles. The van der Waals surface area contributed by atoms with Gasteiger partial charge in [0.2, 0.25) is 0 Å². The SMILES string of the molecule is C=CC(=O)OCc1ccc(N(c2ccc(OC(=O)C=C)cc2)c2cccc(C)c2)cc1. The number of aryl methyl sites for hydroxylation is 1. The van der Waals surface area contributed by atoms with Crippen LogP contribution in [-0.4, -0.2) is 11.9 Å². The first kappa shape index (κ1) is 21.6. The van der Waals surface area contributed by atoms with Crippen LogP contribution in [0.5, 0.6) is 5.75 Å². The average Bonchev–Trinajstić information content (AvgIpc) is 2.79. The van der Waals surface area contributed by atoms with Gasteiger partial charge in [0.05, 0.1) is 0 Å². The maximum atomic E-state index is 11.4. The van der Waals surface area contributed by atoms with Crippen molar-refractivity contribution in [3.63, 3.8) is 0 Å². The molecule has 0 bridgehead atoms. The quantitative estimate of drug-likeness (QED) is 0.266. The third-order valence-electron chi connectivity index (χ3n) is 4.48. The third kappa shape index (κ3) is 5.70. The van der Waals surface area contributed by atoms with E-state index < -0.39 is 11.9 Å². The van der Waals surface area contributed by atoms with Gasteiger partial charge in [0, 0.05) is 29.2 Å². The number of benzene rings is 3. The van der Waals surface area contributed by atoms with Gasteiger partial charge in [-0.25, -0.2) is 9.59 Å². The second kappa shape index (κ2) is 10.1. The first-order valence-electron chi connectivity index (χ1n) is 9.69. The van der Waals surface area contributed by atoms with Crippen molar-refractivity contribution in [2.24, 2.45) is 0 Å². The van der Waals surface area contributed by atoms with Crippen LogP contribution in [0.25, 0.3) is 0 Å². The fourth-order valence-electron chi connectivity index (χ4n) is 2.99. The molecule has 0 N–H and O–H groups in total. The summed E-state index contributed by atoms with van der Waals surface area (Å²) in [4.78, 5) is 24.8. The highest BCUT2D eigenvalue weighted by Gasteiger charge is 2.13. The summed E-state index contributed by atoms with van der Waals surface area (Å²) in [5.74, 6) is -0.518. The molecule has 0 aliphatic rings. The molecule has 0 fully saturated rings. The minimum atomic E-state index is -0.504. The van der Waals surface area contributed by atoms with Crippen LogP contribution in [0.1, 0.15) is 11.1 Å². The number of esters is 2. The topological polar surface area (TPSA) is 55.8 Å². The Balaban J connectivity index is 1.92. The third-order valence-corrected chi connectivity index (χ3v) is 4.48. The van der Waals surface area contributed by atoms with Gasteiger partial charge in [-0.15, -0.1) is 0 Å². The molecule has 156 valence electrons. The van der Waals surface area contributed by atoms with Crippen LogP contribution in [0.2, 0.25) is 0 Å². The van der Waals surface area contributed by atoms with Gasteiger partial charge >= 0.3 is 11.9 Å². The maximum absolute atomic E-state index is 11.4. The predicted octanol–water partition coefficient (Wildman–Crippen LogP) is 5.79. The van der Waals surface area contributed by atoms with E-state index in [1.165, 1.54) is 0 Å². The zero-order chi connectivity index (χ0) is 22.2. The van der Waals surface area contributed by atoms with Gasteiger partial charge in [0.1, 0.15) is 12.4 Å². The van der Waals surface area contributed by atoms with Crippen molar-refractivity contribution in [3.05, 3.63) is 109 Å². The standard InChI is InChI=1S/C26H23NO4/c1-4-25(28)30-18-20-9-11-21(12-10-20)27(23-8-6-7-19(3)17-23)22-13-15-24(16-14-22)31-26(29)5-2/h4-17H,1-2,18H2,3H3. The van der Waals surface area contributed by atoms with E-state index in [2.05, 4.69) is 24.1 Å². The van der Waals surface area contributed by atoms with Crippen molar-refractivity contribution in [2.75, 3.05) is 4.90 Å². The number of carbonyl (C=O) groups excluding carboxylic acids is 2. The zero-order valence-electron chi connectivity index (χ0n) is 17.3. The molecule has 0 unspecified atom stereocenters. The van der Waals surface area contributed by atoms with E-state index in [4.69, 9.17) is 9.47 Å². The van der Waals surface area contributed by atoms with Gasteiger partial charge in [-0.3, -0.25) is 0 Å². The average molecular weight is 413 g/mol. The second-order valence-corrected chi connectivity index (χ2v) is 6.77. The summed E-state index contributed by atoms with van der Waals surface area (Å²) in [6.07, 6.45) is 2.27. The van der Waals surface area contributed by atoms with Crippen molar-refractivity contribution in [1.82, 2.24) is 0 Å². The highest BCUT2D eigenvalue weighted by molar-refractivity contribution is 5.84. The van der Waals surface area contributed by atoms with Gasteiger partial charge in [-0.1, -0.05) is 37.4 Å². The van der Waals surface area contributed by atoms with Gasteiger partial charge in [0.15, 0.2) is 0 Å². The minimum Gasteiger partial charge on any atom is -0.458 e. The Hall–Kier alpha value is -4.12. The molecule has 3 aromatic carbocycles. The van der Waals surface area contributed by atoms with Crippen molar-refractivity contribution in [3.8, 4) is 5.75 Å². The Bertz CT molecular complexity index is 1090. The van der Waals surface area contributed by atoms with E-state index >= 15 is 0 Å². The number of hydrogen-bond acceptors (Lipinski definition) is 5. The Morgan fingerprint density at radius 3 is 2.03 bits per heavy atom. The fraction of sp³-hybridized carbons (Fsp3) is 0.0769. The van der Waals surface area contributed by atoms with Crippen molar-refractivity contribution < 1.29 is 19.1 Å². The molecule has 0 amide bonds. The monoisotopic (exact) mass is 413 g/mol. The van der Waals surface area contributed by atoms with E-state index in [1.54, 1.807) is 12.1 Å². The van der Waals surface area contributed by atoms with Gasteiger partial charge in [0.25, 0.3) is 0 Å². The van der Waals surface area contributed by atoms with Crippen molar-refractivity contribution in [1.29, 1.82) is 0 Å². The molecule has 0 saturated carbocycles. The van der Waals surface area contributed by atoms with Gasteiger partial charge in [-0.05, 0) is 66.6 Å². The predicted molar refractivity (Wildman–Crippen MR) is 122 cm³/mol. The van der Waals surface area contributed by atoms with Crippen molar-refractivity contribution >= 4 is 29.0 Å². The van der Waals surface area contributed by atoms with Crippen molar-refractivity contribution in [2.45, 2.75) is 13.5 Å². The molecule has 5 nitrogen and oxygen atoms in total. The molecular weight excluding hydrogens is 390 g/mol. The van der Waals surface area contributed by atoms with Crippen LogP contribution in [0.4, 0.5) is 17.1 Å². The molecule has 0 aliphatic carbocycles. The molecular formula is C26H23NO4. The lowest BCUT2D eigenvalue weighted by Crippen LogP contribution is -2.10. The largest absolute Gasteiger partial charge is 0.458 e. The molecule has 0 heterocycles. The fourth-order valence-corrected chi connectivity index (χ4v) is 2.99. The molecule has 3 aromatic rings. The van der Waals surface area contributed by atoms with E-state index in [-0.39, 0.29) is 6.61 Å². The minimum absolute atomic E-state index is 0.180. The lowest BCUT2D eigenvalue weighted by molar-refractivity contribution is -0.139. The first-order valence-corrected chi connectivity index (χ1v) is 9.69. The number of carbonyl (C=O) groups is 2. The van der Waals surface area contributed by atoms with Gasteiger partial charge < -0.3 is 14.4 Å². The highest BCUT2D eigenvalue weighted by Crippen LogP contribution is 2.35. The molecule has 0 saturated heterocycles. The summed E-state index contributed by atoms with van der Waals surface area (Å²) in [5, 5.41) is 0. The summed E-state index contributed by atoms with van der Waals surface area (Å²) < 4.78 is 10.3. The number of ether oxygens (including phenoxy) is 2. The van der Waals surface area contributed by atoms with E-state index in [9.17, 15) is 9.59 Å². The Morgan fingerprint density at radius 1 is 0.839 bits per heavy atom. The van der Waals surface area contributed by atoms with E-state index in [0.717, 1.165) is 40.3 Å².